The van der Waals surface area contributed by atoms with Crippen LogP contribution < -0.4 is 4.90 Å². The van der Waals surface area contributed by atoms with E-state index in [-0.39, 0.29) is 11.6 Å². The molecule has 20 heavy (non-hydrogen) atoms. The van der Waals surface area contributed by atoms with Crippen molar-refractivity contribution >= 4 is 11.8 Å². The Kier molecular flexibility index (Phi) is 3.05. The van der Waals surface area contributed by atoms with Gasteiger partial charge in [0.15, 0.2) is 0 Å². The Morgan fingerprint density at radius 2 is 1.70 bits per heavy atom. The van der Waals surface area contributed by atoms with Crippen molar-refractivity contribution in [2.24, 2.45) is 0 Å². The standard InChI is InChI=1S/C17H19N3/c1-17(2,3)20-15(14-6-9-18-10-7-14)5-4-13-8-11-19-12-16(13)20/h4-12,15H,1-3H3. The van der Waals surface area contributed by atoms with Gasteiger partial charge >= 0.3 is 0 Å². The molecular weight excluding hydrogens is 246 g/mol. The van der Waals surface area contributed by atoms with Crippen LogP contribution in [0.25, 0.3) is 6.08 Å². The fourth-order valence-electron chi connectivity index (χ4n) is 2.77. The highest BCUT2D eigenvalue weighted by molar-refractivity contribution is 5.73. The molecule has 3 heterocycles. The maximum absolute atomic E-state index is 4.30. The van der Waals surface area contributed by atoms with Crippen molar-refractivity contribution in [3.05, 3.63) is 60.2 Å². The maximum Gasteiger partial charge on any atom is 0.0737 e. The van der Waals surface area contributed by atoms with Crippen LogP contribution in [0.5, 0.6) is 0 Å². The van der Waals surface area contributed by atoms with Gasteiger partial charge in [-0.15, -0.1) is 0 Å². The Hall–Kier alpha value is -2.16. The molecule has 3 heteroatoms. The quantitative estimate of drug-likeness (QED) is 0.784. The second kappa shape index (κ2) is 4.75. The lowest BCUT2D eigenvalue weighted by Gasteiger charge is -2.45. The van der Waals surface area contributed by atoms with Gasteiger partial charge in [-0.2, -0.15) is 0 Å². The van der Waals surface area contributed by atoms with Gasteiger partial charge in [0.2, 0.25) is 0 Å². The zero-order chi connectivity index (χ0) is 14.2. The number of anilines is 1. The van der Waals surface area contributed by atoms with Crippen molar-refractivity contribution < 1.29 is 0 Å². The molecule has 0 N–H and O–H groups in total. The number of rotatable bonds is 1. The third kappa shape index (κ3) is 2.20. The normalized spacial score (nSPS) is 17.9. The topological polar surface area (TPSA) is 29.0 Å². The first-order chi connectivity index (χ1) is 9.57. The summed E-state index contributed by atoms with van der Waals surface area (Å²) in [7, 11) is 0. The van der Waals surface area contributed by atoms with E-state index in [1.807, 2.05) is 24.8 Å². The minimum Gasteiger partial charge on any atom is -0.354 e. The van der Waals surface area contributed by atoms with Crippen molar-refractivity contribution in [1.82, 2.24) is 9.97 Å². The highest BCUT2D eigenvalue weighted by Crippen LogP contribution is 2.40. The molecule has 1 aliphatic rings. The summed E-state index contributed by atoms with van der Waals surface area (Å²) in [5.74, 6) is 0. The second-order valence-corrected chi connectivity index (χ2v) is 6.06. The average molecular weight is 265 g/mol. The van der Waals surface area contributed by atoms with E-state index in [1.54, 1.807) is 0 Å². The molecule has 0 radical (unpaired) electrons. The van der Waals surface area contributed by atoms with Gasteiger partial charge in [-0.05, 0) is 44.5 Å². The highest BCUT2D eigenvalue weighted by atomic mass is 15.2. The lowest BCUT2D eigenvalue weighted by atomic mass is 9.92. The predicted octanol–water partition coefficient (Wildman–Crippen LogP) is 3.85. The first kappa shape index (κ1) is 12.9. The average Bonchev–Trinajstić information content (AvgIpc) is 2.46. The van der Waals surface area contributed by atoms with Crippen LogP contribution in [0.2, 0.25) is 0 Å². The molecule has 3 rings (SSSR count). The third-order valence-electron chi connectivity index (χ3n) is 3.60. The summed E-state index contributed by atoms with van der Waals surface area (Å²) in [5.41, 5.74) is 3.67. The third-order valence-corrected chi connectivity index (χ3v) is 3.60. The van der Waals surface area contributed by atoms with Gasteiger partial charge in [0, 0.05) is 29.7 Å². The minimum atomic E-state index is 0.0104. The summed E-state index contributed by atoms with van der Waals surface area (Å²) >= 11 is 0. The van der Waals surface area contributed by atoms with E-state index in [0.717, 1.165) is 0 Å². The van der Waals surface area contributed by atoms with Crippen molar-refractivity contribution in [2.75, 3.05) is 4.90 Å². The molecule has 2 aromatic heterocycles. The van der Waals surface area contributed by atoms with Gasteiger partial charge in [0.25, 0.3) is 0 Å². The molecule has 0 aromatic carbocycles. The number of hydrogen-bond donors (Lipinski definition) is 0. The molecule has 0 saturated heterocycles. The summed E-state index contributed by atoms with van der Waals surface area (Å²) in [6.07, 6.45) is 11.9. The number of pyridine rings is 2. The summed E-state index contributed by atoms with van der Waals surface area (Å²) in [5, 5.41) is 0. The lowest BCUT2D eigenvalue weighted by molar-refractivity contribution is 0.473. The highest BCUT2D eigenvalue weighted by Gasteiger charge is 2.32. The summed E-state index contributed by atoms with van der Waals surface area (Å²) < 4.78 is 0. The van der Waals surface area contributed by atoms with Crippen molar-refractivity contribution in [2.45, 2.75) is 32.4 Å². The molecule has 1 aliphatic heterocycles. The van der Waals surface area contributed by atoms with Gasteiger partial charge in [-0.3, -0.25) is 9.97 Å². The Morgan fingerprint density at radius 3 is 2.40 bits per heavy atom. The van der Waals surface area contributed by atoms with E-state index in [2.05, 4.69) is 66.0 Å². The molecule has 0 saturated carbocycles. The van der Waals surface area contributed by atoms with Crippen molar-refractivity contribution in [1.29, 1.82) is 0 Å². The van der Waals surface area contributed by atoms with Crippen molar-refractivity contribution in [3.63, 3.8) is 0 Å². The maximum atomic E-state index is 4.30. The molecule has 102 valence electrons. The van der Waals surface area contributed by atoms with E-state index < -0.39 is 0 Å². The zero-order valence-electron chi connectivity index (χ0n) is 12.1. The monoisotopic (exact) mass is 265 g/mol. The van der Waals surface area contributed by atoms with Gasteiger partial charge in [0.1, 0.15) is 0 Å². The molecule has 0 amide bonds. The lowest BCUT2D eigenvalue weighted by Crippen LogP contribution is -2.45. The fraction of sp³-hybridized carbons (Fsp3) is 0.294. The molecule has 0 aliphatic carbocycles. The van der Waals surface area contributed by atoms with Crippen LogP contribution in [-0.4, -0.2) is 15.5 Å². The predicted molar refractivity (Wildman–Crippen MR) is 82.5 cm³/mol. The Balaban J connectivity index is 2.13. The summed E-state index contributed by atoms with van der Waals surface area (Å²) in [6.45, 7) is 6.70. The second-order valence-electron chi connectivity index (χ2n) is 6.06. The van der Waals surface area contributed by atoms with Crippen LogP contribution in [0.1, 0.15) is 37.9 Å². The van der Waals surface area contributed by atoms with Gasteiger partial charge < -0.3 is 4.90 Å². The molecule has 3 nitrogen and oxygen atoms in total. The van der Waals surface area contributed by atoms with E-state index in [0.29, 0.717) is 0 Å². The molecule has 2 aromatic rings. The van der Waals surface area contributed by atoms with Crippen molar-refractivity contribution in [3.8, 4) is 0 Å². The van der Waals surface area contributed by atoms with Crippen LogP contribution >= 0.6 is 0 Å². The summed E-state index contributed by atoms with van der Waals surface area (Å²) in [4.78, 5) is 10.8. The van der Waals surface area contributed by atoms with E-state index in [9.17, 15) is 0 Å². The summed E-state index contributed by atoms with van der Waals surface area (Å²) in [6, 6.07) is 6.44. The van der Waals surface area contributed by atoms with Crippen LogP contribution in [0.15, 0.2) is 49.1 Å². The number of nitrogens with zero attached hydrogens (tertiary/aromatic N) is 3. The molecule has 1 atom stereocenters. The Bertz CT molecular complexity index is 626. The first-order valence-electron chi connectivity index (χ1n) is 6.89. The van der Waals surface area contributed by atoms with Gasteiger partial charge in [-0.1, -0.05) is 12.2 Å². The molecule has 0 spiro atoms. The van der Waals surface area contributed by atoms with Gasteiger partial charge in [-0.25, -0.2) is 0 Å². The number of hydrogen-bond acceptors (Lipinski definition) is 3. The molecule has 0 bridgehead atoms. The number of aromatic nitrogens is 2. The van der Waals surface area contributed by atoms with Gasteiger partial charge in [0.05, 0.1) is 17.9 Å². The van der Waals surface area contributed by atoms with E-state index in [4.69, 9.17) is 0 Å². The smallest absolute Gasteiger partial charge is 0.0737 e. The number of fused-ring (bicyclic) bond motifs is 1. The molecule has 1 unspecified atom stereocenters. The van der Waals surface area contributed by atoms with E-state index >= 15 is 0 Å². The molecule has 0 fully saturated rings. The zero-order valence-corrected chi connectivity index (χ0v) is 12.1. The largest absolute Gasteiger partial charge is 0.354 e. The van der Waals surface area contributed by atoms with Crippen LogP contribution in [-0.2, 0) is 0 Å². The first-order valence-corrected chi connectivity index (χ1v) is 6.89. The van der Waals surface area contributed by atoms with Crippen LogP contribution in [0.3, 0.4) is 0 Å². The van der Waals surface area contributed by atoms with Crippen LogP contribution in [0, 0.1) is 0 Å². The fourth-order valence-corrected chi connectivity index (χ4v) is 2.77. The Labute approximate surface area is 120 Å². The van der Waals surface area contributed by atoms with E-state index in [1.165, 1.54) is 16.8 Å². The Morgan fingerprint density at radius 1 is 1.00 bits per heavy atom. The molecular formula is C17H19N3. The SMILES string of the molecule is CC(C)(C)N1c2cnccc2C=CC1c1ccncc1. The minimum absolute atomic E-state index is 0.0104. The van der Waals surface area contributed by atoms with Crippen LogP contribution in [0.4, 0.5) is 5.69 Å².